The minimum Gasteiger partial charge on any atom is -0.492 e. The second-order valence-corrected chi connectivity index (χ2v) is 10.5. The molecule has 1 saturated heterocycles. The van der Waals surface area contributed by atoms with E-state index in [1.807, 2.05) is 4.90 Å². The predicted octanol–water partition coefficient (Wildman–Crippen LogP) is 2.68. The Bertz CT molecular complexity index is 1200. The Kier molecular flexibility index (Phi) is 4.99. The molecule has 9 heteroatoms. The van der Waals surface area contributed by atoms with Crippen LogP contribution in [0.25, 0.3) is 10.9 Å². The van der Waals surface area contributed by atoms with Crippen LogP contribution in [0.2, 0.25) is 0 Å². The number of H-pyrrole nitrogens is 1. The van der Waals surface area contributed by atoms with Crippen molar-refractivity contribution in [1.82, 2.24) is 10.3 Å². The summed E-state index contributed by atoms with van der Waals surface area (Å²) in [6, 6.07) is 0.914. The third kappa shape index (κ3) is 3.58. The van der Waals surface area contributed by atoms with Gasteiger partial charge in [0.25, 0.3) is 0 Å². The molecule has 8 nitrogen and oxygen atoms in total. The molecular formula is C24H31FN4O4. The number of aromatic nitrogens is 1. The SMILES string of the molecule is COc1c(N2CCC(NC3CC3)C(C)(C)C2)c(F)c(C2(N)CC2)c2c(=O)c(C(=O)O)c[nH]c12. The molecule has 5 rings (SSSR count). The Labute approximate surface area is 191 Å². The lowest BCUT2D eigenvalue weighted by molar-refractivity contribution is 0.0695. The number of ether oxygens (including phenoxy) is 1. The van der Waals surface area contributed by atoms with Crippen molar-refractivity contribution in [2.75, 3.05) is 25.1 Å². The van der Waals surface area contributed by atoms with E-state index in [0.717, 1.165) is 12.6 Å². The van der Waals surface area contributed by atoms with E-state index < -0.39 is 28.3 Å². The zero-order chi connectivity index (χ0) is 23.7. The highest BCUT2D eigenvalue weighted by Gasteiger charge is 2.47. The number of rotatable bonds is 6. The van der Waals surface area contributed by atoms with Gasteiger partial charge >= 0.3 is 5.97 Å². The van der Waals surface area contributed by atoms with Crippen molar-refractivity contribution in [2.45, 2.75) is 63.6 Å². The maximum atomic E-state index is 16.3. The van der Waals surface area contributed by atoms with Crippen LogP contribution in [0.3, 0.4) is 0 Å². The molecular weight excluding hydrogens is 427 g/mol. The van der Waals surface area contributed by atoms with Gasteiger partial charge in [-0.3, -0.25) is 4.79 Å². The van der Waals surface area contributed by atoms with E-state index in [2.05, 4.69) is 24.1 Å². The summed E-state index contributed by atoms with van der Waals surface area (Å²) in [5.41, 5.74) is 4.80. The van der Waals surface area contributed by atoms with Crippen LogP contribution in [0.4, 0.5) is 10.1 Å². The van der Waals surface area contributed by atoms with Crippen LogP contribution >= 0.6 is 0 Å². The van der Waals surface area contributed by atoms with Crippen LogP contribution in [0.5, 0.6) is 5.75 Å². The van der Waals surface area contributed by atoms with Crippen LogP contribution in [-0.2, 0) is 5.54 Å². The second-order valence-electron chi connectivity index (χ2n) is 10.5. The normalized spacial score (nSPS) is 23.5. The third-order valence-corrected chi connectivity index (χ3v) is 7.48. The zero-order valence-corrected chi connectivity index (χ0v) is 19.3. The lowest BCUT2D eigenvalue weighted by Gasteiger charge is -2.46. The fourth-order valence-electron chi connectivity index (χ4n) is 5.28. The summed E-state index contributed by atoms with van der Waals surface area (Å²) >= 11 is 0. The number of benzene rings is 1. The largest absolute Gasteiger partial charge is 0.492 e. The quantitative estimate of drug-likeness (QED) is 0.525. The molecule has 1 unspecified atom stereocenters. The number of methoxy groups -OCH3 is 1. The average molecular weight is 459 g/mol. The highest BCUT2D eigenvalue weighted by molar-refractivity contribution is 5.99. The van der Waals surface area contributed by atoms with Crippen molar-refractivity contribution in [3.8, 4) is 5.75 Å². The summed E-state index contributed by atoms with van der Waals surface area (Å²) in [4.78, 5) is 29.6. The number of piperidine rings is 1. The van der Waals surface area contributed by atoms with Crippen LogP contribution in [0.15, 0.2) is 11.0 Å². The van der Waals surface area contributed by atoms with Gasteiger partial charge in [0.2, 0.25) is 5.43 Å². The van der Waals surface area contributed by atoms with Crippen molar-refractivity contribution in [1.29, 1.82) is 0 Å². The van der Waals surface area contributed by atoms with E-state index in [-0.39, 0.29) is 33.3 Å². The van der Waals surface area contributed by atoms with E-state index in [1.54, 1.807) is 0 Å². The lowest BCUT2D eigenvalue weighted by atomic mass is 9.78. The number of carbonyl (C=O) groups is 1. The molecule has 0 bridgehead atoms. The van der Waals surface area contributed by atoms with Gasteiger partial charge in [-0.15, -0.1) is 0 Å². The number of halogens is 1. The van der Waals surface area contributed by atoms with Gasteiger partial charge in [-0.25, -0.2) is 9.18 Å². The first kappa shape index (κ1) is 22.2. The van der Waals surface area contributed by atoms with Gasteiger partial charge in [-0.1, -0.05) is 13.8 Å². The highest BCUT2D eigenvalue weighted by atomic mass is 19.1. The summed E-state index contributed by atoms with van der Waals surface area (Å²) in [5, 5.41) is 13.1. The minimum absolute atomic E-state index is 0.0300. The first-order chi connectivity index (χ1) is 15.6. The molecule has 1 atom stereocenters. The number of anilines is 1. The molecule has 1 aromatic carbocycles. The first-order valence-electron chi connectivity index (χ1n) is 11.6. The fraction of sp³-hybridized carbons (Fsp3) is 0.583. The topological polar surface area (TPSA) is 121 Å². The van der Waals surface area contributed by atoms with Gasteiger partial charge in [0.05, 0.1) is 18.0 Å². The van der Waals surface area contributed by atoms with Crippen LogP contribution < -0.4 is 26.1 Å². The molecule has 1 aliphatic heterocycles. The second kappa shape index (κ2) is 7.43. The van der Waals surface area contributed by atoms with Gasteiger partial charge in [-0.2, -0.15) is 0 Å². The Morgan fingerprint density at radius 1 is 1.33 bits per heavy atom. The standard InChI is InChI=1S/C24H31FN4O4/c1-23(2)11-29(9-6-14(23)28-12-4-5-12)19-17(25)16(24(26)7-8-24)15-18(21(19)33-3)27-10-13(20(15)30)22(31)32/h10,12,14,28H,4-9,11,26H2,1-3H3,(H,27,30)(H,31,32). The first-order valence-corrected chi connectivity index (χ1v) is 11.6. The predicted molar refractivity (Wildman–Crippen MR) is 124 cm³/mol. The van der Waals surface area contributed by atoms with E-state index >= 15 is 4.39 Å². The van der Waals surface area contributed by atoms with Crippen molar-refractivity contribution >= 4 is 22.6 Å². The number of nitrogens with two attached hydrogens (primary N) is 1. The molecule has 0 amide bonds. The van der Waals surface area contributed by atoms with Gasteiger partial charge < -0.3 is 30.8 Å². The van der Waals surface area contributed by atoms with E-state index in [0.29, 0.717) is 38.0 Å². The number of nitrogens with zero attached hydrogens (tertiary/aromatic N) is 1. The number of hydrogen-bond donors (Lipinski definition) is 4. The summed E-state index contributed by atoms with van der Waals surface area (Å²) in [6.07, 6.45) is 5.46. The Hall–Kier alpha value is -2.65. The Morgan fingerprint density at radius 2 is 2.03 bits per heavy atom. The third-order valence-electron chi connectivity index (χ3n) is 7.48. The number of fused-ring (bicyclic) bond motifs is 1. The van der Waals surface area contributed by atoms with Crippen LogP contribution in [0, 0.1) is 11.2 Å². The van der Waals surface area contributed by atoms with Crippen LogP contribution in [0.1, 0.15) is 61.9 Å². The molecule has 178 valence electrons. The molecule has 5 N–H and O–H groups in total. The molecule has 3 aliphatic rings. The summed E-state index contributed by atoms with van der Waals surface area (Å²) in [5.74, 6) is -1.76. The van der Waals surface area contributed by atoms with E-state index in [1.165, 1.54) is 20.0 Å². The summed E-state index contributed by atoms with van der Waals surface area (Å²) in [7, 11) is 1.43. The summed E-state index contributed by atoms with van der Waals surface area (Å²) < 4.78 is 22.0. The number of carboxylic acids is 1. The Balaban J connectivity index is 1.69. The minimum atomic E-state index is -1.37. The average Bonchev–Trinajstić information content (AvgIpc) is 3.67. The molecule has 2 aromatic rings. The van der Waals surface area contributed by atoms with Gasteiger partial charge in [0, 0.05) is 42.5 Å². The summed E-state index contributed by atoms with van der Waals surface area (Å²) in [6.45, 7) is 5.58. The number of nitrogens with one attached hydrogen (secondary N) is 2. The molecule has 0 radical (unpaired) electrons. The number of aromatic carboxylic acids is 1. The van der Waals surface area contributed by atoms with Crippen molar-refractivity contribution in [2.24, 2.45) is 11.1 Å². The van der Waals surface area contributed by atoms with Crippen molar-refractivity contribution < 1.29 is 19.0 Å². The van der Waals surface area contributed by atoms with Crippen LogP contribution in [-0.4, -0.2) is 48.3 Å². The molecule has 1 aromatic heterocycles. The van der Waals surface area contributed by atoms with Gasteiger partial charge in [0.1, 0.15) is 11.3 Å². The smallest absolute Gasteiger partial charge is 0.341 e. The zero-order valence-electron chi connectivity index (χ0n) is 19.3. The highest BCUT2D eigenvalue weighted by Crippen LogP contribution is 2.51. The van der Waals surface area contributed by atoms with Gasteiger partial charge in [-0.05, 0) is 37.5 Å². The maximum Gasteiger partial charge on any atom is 0.341 e. The molecule has 3 fully saturated rings. The Morgan fingerprint density at radius 3 is 2.58 bits per heavy atom. The molecule has 0 spiro atoms. The van der Waals surface area contributed by atoms with E-state index in [9.17, 15) is 14.7 Å². The van der Waals surface area contributed by atoms with Crippen molar-refractivity contribution in [3.05, 3.63) is 33.4 Å². The number of aromatic amines is 1. The van der Waals surface area contributed by atoms with Gasteiger partial charge in [0.15, 0.2) is 11.6 Å². The number of hydrogen-bond acceptors (Lipinski definition) is 6. The monoisotopic (exact) mass is 458 g/mol. The number of carboxylic acid groups (broad SMARTS) is 1. The molecule has 2 aliphatic carbocycles. The van der Waals surface area contributed by atoms with Crippen molar-refractivity contribution in [3.63, 3.8) is 0 Å². The lowest BCUT2D eigenvalue weighted by Crippen LogP contribution is -2.55. The maximum absolute atomic E-state index is 16.3. The number of pyridine rings is 1. The molecule has 2 saturated carbocycles. The fourth-order valence-corrected chi connectivity index (χ4v) is 5.28. The molecule has 33 heavy (non-hydrogen) atoms. The molecule has 2 heterocycles. The van der Waals surface area contributed by atoms with E-state index in [4.69, 9.17) is 10.5 Å².